The van der Waals surface area contributed by atoms with Gasteiger partial charge in [0, 0.05) is 29.8 Å². The van der Waals surface area contributed by atoms with Crippen LogP contribution in [0, 0.1) is 0 Å². The fourth-order valence-electron chi connectivity index (χ4n) is 2.38. The largest absolute Gasteiger partial charge is 0.494 e. The molecule has 0 atom stereocenters. The van der Waals surface area contributed by atoms with Gasteiger partial charge in [-0.05, 0) is 26.0 Å². The fourth-order valence-corrected chi connectivity index (χ4v) is 3.32. The van der Waals surface area contributed by atoms with Crippen molar-refractivity contribution in [2.75, 3.05) is 25.1 Å². The molecular weight excluding hydrogens is 487 g/mol. The second-order valence-electron chi connectivity index (χ2n) is 7.06. The highest BCUT2D eigenvalue weighted by Crippen LogP contribution is 2.29. The monoisotopic (exact) mass is 518 g/mol. The van der Waals surface area contributed by atoms with Crippen LogP contribution in [0.15, 0.2) is 28.6 Å². The topological polar surface area (TPSA) is 81.8 Å². The maximum Gasteiger partial charge on any atom is 0.193 e. The van der Waals surface area contributed by atoms with E-state index >= 15 is 0 Å². The molecule has 0 fully saturated rings. The van der Waals surface area contributed by atoms with Crippen molar-refractivity contribution in [2.24, 2.45) is 10.7 Å². The number of nitrogens with two attached hydrogens (primary N) is 1. The summed E-state index contributed by atoms with van der Waals surface area (Å²) < 4.78 is 11.2. The molecule has 0 aliphatic heterocycles. The minimum atomic E-state index is 0. The van der Waals surface area contributed by atoms with Crippen molar-refractivity contribution in [3.63, 3.8) is 0 Å². The molecule has 2 aromatic rings. The Kier molecular flexibility index (Phi) is 10.0. The number of aliphatic imine (C=N–C) groups is 1. The molecule has 0 saturated heterocycles. The molecule has 0 spiro atoms. The molecule has 2 rings (SSSR count). The van der Waals surface area contributed by atoms with E-state index in [0.717, 1.165) is 28.6 Å². The lowest BCUT2D eigenvalue weighted by molar-refractivity contribution is 0.332. The number of hydrogen-bond donors (Lipinski definition) is 2. The first-order valence-corrected chi connectivity index (χ1v) is 10.1. The lowest BCUT2D eigenvalue weighted by Crippen LogP contribution is -2.23. The van der Waals surface area contributed by atoms with Gasteiger partial charge >= 0.3 is 0 Å². The molecular formula is C20H31IN4O2S. The zero-order valence-corrected chi connectivity index (χ0v) is 20.4. The summed E-state index contributed by atoms with van der Waals surface area (Å²) in [7, 11) is 0. The molecule has 0 radical (unpaired) electrons. The average Bonchev–Trinajstić information content (AvgIpc) is 3.07. The molecule has 0 bridgehead atoms. The molecule has 0 amide bonds. The SMILES string of the molecule is CCOc1ccc(OCC)c(NC(N)=NCCc2csc(C(C)(C)C)n2)c1.I. The second-order valence-corrected chi connectivity index (χ2v) is 7.92. The summed E-state index contributed by atoms with van der Waals surface area (Å²) in [6, 6.07) is 5.61. The van der Waals surface area contributed by atoms with E-state index in [-0.39, 0.29) is 29.4 Å². The highest BCUT2D eigenvalue weighted by Gasteiger charge is 2.17. The first kappa shape index (κ1) is 24.5. The van der Waals surface area contributed by atoms with E-state index in [1.54, 1.807) is 11.3 Å². The van der Waals surface area contributed by atoms with E-state index in [4.69, 9.17) is 15.2 Å². The number of nitrogens with one attached hydrogen (secondary N) is 1. The van der Waals surface area contributed by atoms with E-state index in [1.807, 2.05) is 32.0 Å². The van der Waals surface area contributed by atoms with Gasteiger partial charge in [0.25, 0.3) is 0 Å². The summed E-state index contributed by atoms with van der Waals surface area (Å²) in [6.07, 6.45) is 0.756. The third-order valence-corrected chi connectivity index (χ3v) is 4.98. The molecule has 1 aromatic heterocycles. The molecule has 8 heteroatoms. The molecule has 3 N–H and O–H groups in total. The van der Waals surface area contributed by atoms with Crippen LogP contribution in [0.1, 0.15) is 45.3 Å². The van der Waals surface area contributed by atoms with Gasteiger partial charge in [0.2, 0.25) is 0 Å². The van der Waals surface area contributed by atoms with E-state index < -0.39 is 0 Å². The molecule has 0 unspecified atom stereocenters. The van der Waals surface area contributed by atoms with E-state index in [9.17, 15) is 0 Å². The van der Waals surface area contributed by atoms with E-state index in [1.165, 1.54) is 0 Å². The molecule has 0 saturated carbocycles. The van der Waals surface area contributed by atoms with Crippen molar-refractivity contribution in [3.05, 3.63) is 34.3 Å². The van der Waals surface area contributed by atoms with Gasteiger partial charge < -0.3 is 20.5 Å². The highest BCUT2D eigenvalue weighted by molar-refractivity contribution is 14.0. The smallest absolute Gasteiger partial charge is 0.193 e. The van der Waals surface area contributed by atoms with Crippen molar-refractivity contribution in [2.45, 2.75) is 46.5 Å². The van der Waals surface area contributed by atoms with Crippen LogP contribution < -0.4 is 20.5 Å². The van der Waals surface area contributed by atoms with Crippen molar-refractivity contribution < 1.29 is 9.47 Å². The fraction of sp³-hybridized carbons (Fsp3) is 0.500. The van der Waals surface area contributed by atoms with Gasteiger partial charge in [0.05, 0.1) is 29.6 Å². The van der Waals surface area contributed by atoms with Crippen LogP contribution in [0.25, 0.3) is 0 Å². The van der Waals surface area contributed by atoms with Gasteiger partial charge in [0.15, 0.2) is 5.96 Å². The number of guanidine groups is 1. The van der Waals surface area contributed by atoms with Gasteiger partial charge in [0.1, 0.15) is 11.5 Å². The summed E-state index contributed by atoms with van der Waals surface area (Å²) in [5.74, 6) is 1.82. The number of hydrogen-bond acceptors (Lipinski definition) is 5. The molecule has 156 valence electrons. The summed E-state index contributed by atoms with van der Waals surface area (Å²) in [4.78, 5) is 9.10. The van der Waals surface area contributed by atoms with Gasteiger partial charge in [-0.15, -0.1) is 35.3 Å². The maximum absolute atomic E-state index is 6.06. The number of nitrogens with zero attached hydrogens (tertiary/aromatic N) is 2. The first-order valence-electron chi connectivity index (χ1n) is 9.25. The zero-order chi connectivity index (χ0) is 19.9. The van der Waals surface area contributed by atoms with Crippen molar-refractivity contribution in [1.82, 2.24) is 4.98 Å². The van der Waals surface area contributed by atoms with Crippen LogP contribution in [0.5, 0.6) is 11.5 Å². The Labute approximate surface area is 189 Å². The predicted octanol–water partition coefficient (Wildman–Crippen LogP) is 4.83. The molecule has 0 aliphatic carbocycles. The Hall–Kier alpha value is -1.55. The lowest BCUT2D eigenvalue weighted by atomic mass is 9.98. The van der Waals surface area contributed by atoms with E-state index in [2.05, 4.69) is 41.4 Å². The Morgan fingerprint density at radius 3 is 2.54 bits per heavy atom. The number of benzene rings is 1. The molecule has 28 heavy (non-hydrogen) atoms. The van der Waals surface area contributed by atoms with Crippen LogP contribution in [0.3, 0.4) is 0 Å². The number of anilines is 1. The van der Waals surface area contributed by atoms with Crippen LogP contribution in [0.4, 0.5) is 5.69 Å². The Morgan fingerprint density at radius 2 is 1.93 bits per heavy atom. The zero-order valence-electron chi connectivity index (χ0n) is 17.2. The highest BCUT2D eigenvalue weighted by atomic mass is 127. The summed E-state index contributed by atoms with van der Waals surface area (Å²) in [5.41, 5.74) is 7.93. The molecule has 0 aliphatic rings. The first-order chi connectivity index (χ1) is 12.8. The van der Waals surface area contributed by atoms with Crippen LogP contribution in [0.2, 0.25) is 0 Å². The van der Waals surface area contributed by atoms with Crippen molar-refractivity contribution >= 4 is 47.0 Å². The number of aromatic nitrogens is 1. The Morgan fingerprint density at radius 1 is 1.21 bits per heavy atom. The Bertz CT molecular complexity index is 772. The third kappa shape index (κ3) is 7.46. The van der Waals surface area contributed by atoms with Gasteiger partial charge in [-0.25, -0.2) is 4.98 Å². The summed E-state index contributed by atoms with van der Waals surface area (Å²) in [5, 5.41) is 6.35. The Balaban J connectivity index is 0.00000392. The average molecular weight is 518 g/mol. The molecule has 1 aromatic carbocycles. The van der Waals surface area contributed by atoms with Crippen LogP contribution >= 0.6 is 35.3 Å². The standard InChI is InChI=1S/C20H30N4O2S.HI/c1-6-25-15-8-9-17(26-7-2)16(12-15)24-19(21)22-11-10-14-13-27-18(23-14)20(3,4)5;/h8-9,12-13H,6-7,10-11H2,1-5H3,(H3,21,22,24);1H. The number of thiazole rings is 1. The molecule has 1 heterocycles. The van der Waals surface area contributed by atoms with Gasteiger partial charge in [-0.3, -0.25) is 4.99 Å². The van der Waals surface area contributed by atoms with Crippen LogP contribution in [-0.4, -0.2) is 30.7 Å². The van der Waals surface area contributed by atoms with Gasteiger partial charge in [-0.2, -0.15) is 0 Å². The van der Waals surface area contributed by atoms with Crippen LogP contribution in [-0.2, 0) is 11.8 Å². The van der Waals surface area contributed by atoms with E-state index in [0.29, 0.717) is 31.5 Å². The number of rotatable bonds is 8. The predicted molar refractivity (Wildman–Crippen MR) is 129 cm³/mol. The third-order valence-electron chi connectivity index (χ3n) is 3.67. The lowest BCUT2D eigenvalue weighted by Gasteiger charge is -2.14. The minimum Gasteiger partial charge on any atom is -0.494 e. The second kappa shape index (κ2) is 11.5. The number of halogens is 1. The van der Waals surface area contributed by atoms with Gasteiger partial charge in [-0.1, -0.05) is 20.8 Å². The molecule has 6 nitrogen and oxygen atoms in total. The maximum atomic E-state index is 6.06. The minimum absolute atomic E-state index is 0. The normalized spacial score (nSPS) is 11.7. The summed E-state index contributed by atoms with van der Waals surface area (Å²) in [6.45, 7) is 12.1. The quantitative estimate of drug-likeness (QED) is 0.298. The summed E-state index contributed by atoms with van der Waals surface area (Å²) >= 11 is 1.69. The number of ether oxygens (including phenoxy) is 2. The van der Waals surface area contributed by atoms with Crippen molar-refractivity contribution in [1.29, 1.82) is 0 Å². The van der Waals surface area contributed by atoms with Crippen molar-refractivity contribution in [3.8, 4) is 11.5 Å².